The van der Waals surface area contributed by atoms with Crippen LogP contribution in [-0.2, 0) is 14.3 Å². The number of nitrogens with zero attached hydrogens (tertiary/aromatic N) is 1. The third-order valence-corrected chi connectivity index (χ3v) is 4.54. The number of aromatic nitrogens is 1. The Balaban J connectivity index is 0.000000370. The highest BCUT2D eigenvalue weighted by atomic mass is 19.4. The summed E-state index contributed by atoms with van der Waals surface area (Å²) in [5.41, 5.74) is 0.274. The second kappa shape index (κ2) is 9.54. The predicted octanol–water partition coefficient (Wildman–Crippen LogP) is 1.52. The number of ether oxygens (including phenoxy) is 1. The Morgan fingerprint density at radius 3 is 2.55 bits per heavy atom. The molecule has 160 valence electrons. The number of carboxylic acid groups (broad SMARTS) is 1. The van der Waals surface area contributed by atoms with Gasteiger partial charge in [0.1, 0.15) is 6.10 Å². The van der Waals surface area contributed by atoms with Gasteiger partial charge in [-0.2, -0.15) is 13.2 Å². The van der Waals surface area contributed by atoms with Crippen molar-refractivity contribution in [1.82, 2.24) is 15.6 Å². The van der Waals surface area contributed by atoms with Crippen LogP contribution in [0.5, 0.6) is 0 Å². The number of hydrogen-bond acceptors (Lipinski definition) is 6. The van der Waals surface area contributed by atoms with Gasteiger partial charge in [0.2, 0.25) is 0 Å². The van der Waals surface area contributed by atoms with Crippen LogP contribution < -0.4 is 16.0 Å². The lowest BCUT2D eigenvalue weighted by Crippen LogP contribution is -2.40. The van der Waals surface area contributed by atoms with Gasteiger partial charge >= 0.3 is 24.1 Å². The Hall–Kier alpha value is -2.89. The van der Waals surface area contributed by atoms with Crippen LogP contribution in [0, 0.1) is 5.41 Å². The summed E-state index contributed by atoms with van der Waals surface area (Å²) >= 11 is 0. The summed E-state index contributed by atoms with van der Waals surface area (Å²) in [7, 11) is 0. The molecule has 0 aliphatic carbocycles. The number of pyridine rings is 1. The topological polar surface area (TPSA) is 130 Å². The molecule has 0 saturated carbocycles. The molecule has 0 radical (unpaired) electrons. The van der Waals surface area contributed by atoms with Gasteiger partial charge in [0, 0.05) is 12.6 Å². The van der Waals surface area contributed by atoms with Gasteiger partial charge in [-0.05, 0) is 38.1 Å². The van der Waals surface area contributed by atoms with Gasteiger partial charge in [-0.15, -0.1) is 0 Å². The first-order valence-corrected chi connectivity index (χ1v) is 8.79. The molecule has 4 N–H and O–H groups in total. The van der Waals surface area contributed by atoms with Gasteiger partial charge in [0.05, 0.1) is 23.8 Å². The molecule has 0 aromatic carbocycles. The lowest BCUT2D eigenvalue weighted by molar-refractivity contribution is -0.192. The van der Waals surface area contributed by atoms with Gasteiger partial charge in [-0.3, -0.25) is 9.78 Å². The summed E-state index contributed by atoms with van der Waals surface area (Å²) in [6.45, 7) is 2.01. The molecule has 9 nitrogen and oxygen atoms in total. The van der Waals surface area contributed by atoms with E-state index in [4.69, 9.17) is 14.6 Å². The predicted molar refractivity (Wildman–Crippen MR) is 94.0 cm³/mol. The maximum absolute atomic E-state index is 12.1. The second-order valence-corrected chi connectivity index (χ2v) is 6.64. The Morgan fingerprint density at radius 2 is 2.00 bits per heavy atom. The molecule has 2 fully saturated rings. The van der Waals surface area contributed by atoms with Crippen molar-refractivity contribution in [2.45, 2.75) is 31.5 Å². The SMILES string of the molecule is O=C(NCC1CC2(CCNCC2)C(=O)O1)Nc1cccnc1.O=C(O)C(F)(F)F. The van der Waals surface area contributed by atoms with Crippen LogP contribution in [0.4, 0.5) is 23.7 Å². The smallest absolute Gasteiger partial charge is 0.475 e. The van der Waals surface area contributed by atoms with Crippen molar-refractivity contribution in [3.05, 3.63) is 24.5 Å². The highest BCUT2D eigenvalue weighted by molar-refractivity contribution is 5.89. The van der Waals surface area contributed by atoms with E-state index >= 15 is 0 Å². The van der Waals surface area contributed by atoms with Gasteiger partial charge < -0.3 is 25.8 Å². The molecular formula is C17H21F3N4O5. The minimum atomic E-state index is -5.08. The maximum atomic E-state index is 12.1. The van der Waals surface area contributed by atoms with Crippen LogP contribution in [0.3, 0.4) is 0 Å². The minimum Gasteiger partial charge on any atom is -0.475 e. The van der Waals surface area contributed by atoms with Crippen LogP contribution in [0.25, 0.3) is 0 Å². The first-order chi connectivity index (χ1) is 13.6. The van der Waals surface area contributed by atoms with Gasteiger partial charge in [-0.1, -0.05) is 0 Å². The standard InChI is InChI=1S/C15H20N4O3.C2HF3O2/c20-13-15(3-6-16-7-4-15)8-12(22-13)10-18-14(21)19-11-2-1-5-17-9-11;3-2(4,5)1(6)7/h1-2,5,9,12,16H,3-4,6-8,10H2,(H2,18,19,21);(H,6,7). The number of carboxylic acids is 1. The average molecular weight is 418 g/mol. The van der Waals surface area contributed by atoms with E-state index in [2.05, 4.69) is 20.9 Å². The van der Waals surface area contributed by atoms with E-state index in [0.29, 0.717) is 18.7 Å². The van der Waals surface area contributed by atoms with Gasteiger partial charge in [-0.25, -0.2) is 9.59 Å². The van der Waals surface area contributed by atoms with Crippen molar-refractivity contribution in [3.8, 4) is 0 Å². The number of anilines is 1. The van der Waals surface area contributed by atoms with E-state index in [9.17, 15) is 22.8 Å². The normalized spacial score (nSPS) is 20.2. The number of amides is 2. The molecule has 12 heteroatoms. The molecule has 1 unspecified atom stereocenters. The fourth-order valence-corrected chi connectivity index (χ4v) is 3.08. The van der Waals surface area contributed by atoms with E-state index in [1.807, 2.05) is 0 Å². The summed E-state index contributed by atoms with van der Waals surface area (Å²) in [6, 6.07) is 3.18. The molecule has 0 bridgehead atoms. The fraction of sp³-hybridized carbons (Fsp3) is 0.529. The molecule has 2 amide bonds. The number of aliphatic carboxylic acids is 1. The number of carbonyl (C=O) groups excluding carboxylic acids is 2. The minimum absolute atomic E-state index is 0.117. The van der Waals surface area contributed by atoms with Gasteiger partial charge in [0.15, 0.2) is 0 Å². The number of nitrogens with one attached hydrogen (secondary N) is 3. The van der Waals surface area contributed by atoms with Crippen molar-refractivity contribution < 1.29 is 37.4 Å². The Kier molecular flexibility index (Phi) is 7.37. The lowest BCUT2D eigenvalue weighted by atomic mass is 9.76. The van der Waals surface area contributed by atoms with Gasteiger partial charge in [0.25, 0.3) is 0 Å². The number of halogens is 3. The van der Waals surface area contributed by atoms with Crippen molar-refractivity contribution in [3.63, 3.8) is 0 Å². The summed E-state index contributed by atoms with van der Waals surface area (Å²) in [6.07, 6.45) is 0.179. The van der Waals surface area contributed by atoms with E-state index in [0.717, 1.165) is 25.9 Å². The third kappa shape index (κ3) is 6.59. The number of carbonyl (C=O) groups is 3. The number of urea groups is 1. The van der Waals surface area contributed by atoms with E-state index in [1.165, 1.54) is 0 Å². The number of rotatable bonds is 3. The molecule has 1 atom stereocenters. The van der Waals surface area contributed by atoms with Crippen LogP contribution >= 0.6 is 0 Å². The molecule has 2 saturated heterocycles. The van der Waals surface area contributed by atoms with E-state index < -0.39 is 12.1 Å². The van der Waals surface area contributed by atoms with Crippen molar-refractivity contribution in [1.29, 1.82) is 0 Å². The number of alkyl halides is 3. The molecule has 1 aromatic heterocycles. The summed E-state index contributed by atoms with van der Waals surface area (Å²) in [5.74, 6) is -2.87. The molecule has 29 heavy (non-hydrogen) atoms. The maximum Gasteiger partial charge on any atom is 0.490 e. The fourth-order valence-electron chi connectivity index (χ4n) is 3.08. The zero-order valence-corrected chi connectivity index (χ0v) is 15.3. The second-order valence-electron chi connectivity index (χ2n) is 6.64. The summed E-state index contributed by atoms with van der Waals surface area (Å²) in [4.78, 5) is 36.7. The molecule has 2 aliphatic rings. The highest BCUT2D eigenvalue weighted by Crippen LogP contribution is 2.41. The van der Waals surface area contributed by atoms with Crippen LogP contribution in [-0.4, -0.2) is 60.0 Å². The third-order valence-electron chi connectivity index (χ3n) is 4.54. The van der Waals surface area contributed by atoms with E-state index in [-0.39, 0.29) is 23.5 Å². The zero-order chi connectivity index (χ0) is 21.5. The van der Waals surface area contributed by atoms with Crippen LogP contribution in [0.2, 0.25) is 0 Å². The number of esters is 1. The largest absolute Gasteiger partial charge is 0.490 e. The molecular weight excluding hydrogens is 397 g/mol. The molecule has 1 aromatic rings. The summed E-state index contributed by atoms with van der Waals surface area (Å²) in [5, 5.41) is 15.8. The Bertz CT molecular complexity index is 724. The molecule has 1 spiro atoms. The van der Waals surface area contributed by atoms with Crippen molar-refractivity contribution in [2.24, 2.45) is 5.41 Å². The average Bonchev–Trinajstić information content (AvgIpc) is 2.96. The Labute approximate surface area is 164 Å². The number of cyclic esters (lactones) is 1. The summed E-state index contributed by atoms with van der Waals surface area (Å²) < 4.78 is 37.2. The molecule has 3 heterocycles. The first kappa shape index (κ1) is 22.4. The van der Waals surface area contributed by atoms with Crippen LogP contribution in [0.1, 0.15) is 19.3 Å². The van der Waals surface area contributed by atoms with E-state index in [1.54, 1.807) is 24.5 Å². The zero-order valence-electron chi connectivity index (χ0n) is 15.3. The molecule has 3 rings (SSSR count). The first-order valence-electron chi connectivity index (χ1n) is 8.79. The number of hydrogen-bond donors (Lipinski definition) is 4. The Morgan fingerprint density at radius 1 is 1.34 bits per heavy atom. The molecule has 2 aliphatic heterocycles. The van der Waals surface area contributed by atoms with Crippen molar-refractivity contribution >= 4 is 23.7 Å². The van der Waals surface area contributed by atoms with Crippen molar-refractivity contribution in [2.75, 3.05) is 25.0 Å². The lowest BCUT2D eigenvalue weighted by Gasteiger charge is -2.29. The number of piperidine rings is 1. The highest BCUT2D eigenvalue weighted by Gasteiger charge is 2.49. The quantitative estimate of drug-likeness (QED) is 0.548. The monoisotopic (exact) mass is 418 g/mol. The van der Waals surface area contributed by atoms with Crippen LogP contribution in [0.15, 0.2) is 24.5 Å².